The zero-order valence-electron chi connectivity index (χ0n) is 18.0. The first-order valence-electron chi connectivity index (χ1n) is 11.2. The number of hydrogen-bond donors (Lipinski definition) is 1. The Balaban J connectivity index is 1.19. The smallest absolute Gasteiger partial charge is 0.264 e. The molecule has 1 N–H and O–H groups in total. The molecule has 0 saturated heterocycles. The molecule has 0 aliphatic heterocycles. The van der Waals surface area contributed by atoms with Crippen LogP contribution in [-0.2, 0) is 27.5 Å². The Morgan fingerprint density at radius 1 is 1.25 bits per heavy atom. The molecule has 2 aromatic rings. The fourth-order valence-corrected chi connectivity index (χ4v) is 7.01. The van der Waals surface area contributed by atoms with Crippen molar-refractivity contribution in [3.63, 3.8) is 0 Å². The largest absolute Gasteiger partial charge is 0.472 e. The number of fused-ring (bicyclic) bond motifs is 1. The second-order valence-corrected chi connectivity index (χ2v) is 11.6. The number of hydrogen-bond acceptors (Lipinski definition) is 6. The van der Waals surface area contributed by atoms with Gasteiger partial charge in [0.05, 0.1) is 25.6 Å². The van der Waals surface area contributed by atoms with Crippen molar-refractivity contribution in [2.45, 2.75) is 44.9 Å². The summed E-state index contributed by atoms with van der Waals surface area (Å²) < 4.78 is 35.0. The summed E-state index contributed by atoms with van der Waals surface area (Å²) in [6.07, 6.45) is 7.63. The summed E-state index contributed by atoms with van der Waals surface area (Å²) in [5.41, 5.74) is 2.23. The molecule has 170 valence electrons. The van der Waals surface area contributed by atoms with Crippen LogP contribution in [0.5, 0.6) is 5.88 Å². The summed E-state index contributed by atoms with van der Waals surface area (Å²) in [5.74, 6) is 1.66. The Bertz CT molecular complexity index is 1170. The monoisotopic (exact) mass is 457 g/mol. The maximum atomic E-state index is 13.3. The third-order valence-electron chi connectivity index (χ3n) is 8.15. The van der Waals surface area contributed by atoms with E-state index in [0.717, 1.165) is 17.7 Å². The van der Waals surface area contributed by atoms with Crippen LogP contribution in [0.15, 0.2) is 36.5 Å². The van der Waals surface area contributed by atoms with Gasteiger partial charge in [-0.3, -0.25) is 8.98 Å². The number of nitrogens with zero attached hydrogens (tertiary/aromatic N) is 2. The van der Waals surface area contributed by atoms with Gasteiger partial charge in [-0.15, -0.1) is 0 Å². The molecule has 32 heavy (non-hydrogen) atoms. The number of carbonyl (C=O) groups excluding carboxylic acids is 1. The van der Waals surface area contributed by atoms with Crippen molar-refractivity contribution in [2.24, 2.45) is 22.7 Å². The minimum atomic E-state index is -3.56. The van der Waals surface area contributed by atoms with Crippen LogP contribution >= 0.6 is 0 Å². The highest BCUT2D eigenvalue weighted by atomic mass is 32.2. The fraction of sp³-hybridized carbons (Fsp3) is 0.565. The van der Waals surface area contributed by atoms with E-state index in [1.807, 2.05) is 30.3 Å². The summed E-state index contributed by atoms with van der Waals surface area (Å²) in [6, 6.07) is 9.93. The van der Waals surface area contributed by atoms with E-state index in [4.69, 9.17) is 8.92 Å². The van der Waals surface area contributed by atoms with Crippen molar-refractivity contribution in [1.29, 1.82) is 0 Å². The summed E-state index contributed by atoms with van der Waals surface area (Å²) >= 11 is 0. The molecule has 1 amide bonds. The van der Waals surface area contributed by atoms with Crippen LogP contribution in [0.25, 0.3) is 0 Å². The summed E-state index contributed by atoms with van der Waals surface area (Å²) in [6.45, 7) is 0.354. The SMILES string of the molecule is CS(=O)(=O)OCCn1ncc(C(=O)NC2C3CC4CC45CC25C3)c1OCc1ccccc1. The molecule has 4 aliphatic rings. The topological polar surface area (TPSA) is 99.5 Å². The van der Waals surface area contributed by atoms with E-state index in [1.165, 1.54) is 36.6 Å². The number of ether oxygens (including phenoxy) is 1. The van der Waals surface area contributed by atoms with Gasteiger partial charge in [0, 0.05) is 6.04 Å². The van der Waals surface area contributed by atoms with E-state index in [9.17, 15) is 13.2 Å². The first-order chi connectivity index (χ1) is 15.3. The highest BCUT2D eigenvalue weighted by molar-refractivity contribution is 7.85. The van der Waals surface area contributed by atoms with E-state index in [2.05, 4.69) is 10.4 Å². The van der Waals surface area contributed by atoms with Gasteiger partial charge in [-0.25, -0.2) is 4.68 Å². The van der Waals surface area contributed by atoms with E-state index in [0.29, 0.717) is 28.2 Å². The first kappa shape index (κ1) is 20.2. The van der Waals surface area contributed by atoms with Crippen LogP contribution in [0.1, 0.15) is 41.6 Å². The lowest BCUT2D eigenvalue weighted by atomic mass is 9.59. The van der Waals surface area contributed by atoms with Gasteiger partial charge in [-0.2, -0.15) is 13.5 Å². The van der Waals surface area contributed by atoms with Gasteiger partial charge >= 0.3 is 0 Å². The summed E-state index contributed by atoms with van der Waals surface area (Å²) in [5, 5.41) is 7.60. The number of carbonyl (C=O) groups is 1. The molecule has 0 radical (unpaired) electrons. The Kier molecular flexibility index (Phi) is 4.30. The second kappa shape index (κ2) is 6.81. The van der Waals surface area contributed by atoms with Gasteiger partial charge in [-0.1, -0.05) is 30.3 Å². The van der Waals surface area contributed by atoms with Crippen molar-refractivity contribution >= 4 is 16.0 Å². The van der Waals surface area contributed by atoms with Crippen molar-refractivity contribution in [3.05, 3.63) is 47.7 Å². The quantitative estimate of drug-likeness (QED) is 0.581. The Hall–Kier alpha value is -2.39. The number of aromatic nitrogens is 2. The number of benzene rings is 1. The minimum absolute atomic E-state index is 0.0824. The van der Waals surface area contributed by atoms with Gasteiger partial charge in [0.15, 0.2) is 0 Å². The standard InChI is InChI=1S/C23H27N3O5S/c1-32(28,29)31-8-7-26-21(30-13-15-5-3-2-4-6-15)18(12-24-26)20(27)25-19-16-9-17-11-22(17)14-23(19,22)10-16/h2-6,12,16-17,19H,7-11,13-14H2,1H3,(H,25,27). The minimum Gasteiger partial charge on any atom is -0.472 e. The van der Waals surface area contributed by atoms with E-state index >= 15 is 0 Å². The van der Waals surface area contributed by atoms with E-state index in [1.54, 1.807) is 0 Å². The predicted molar refractivity (Wildman–Crippen MR) is 115 cm³/mol. The average molecular weight is 458 g/mol. The van der Waals surface area contributed by atoms with Crippen LogP contribution in [0, 0.1) is 22.7 Å². The predicted octanol–water partition coefficient (Wildman–Crippen LogP) is 2.36. The second-order valence-electron chi connectivity index (χ2n) is 9.93. The molecule has 1 aromatic heterocycles. The van der Waals surface area contributed by atoms with E-state index < -0.39 is 10.1 Å². The fourth-order valence-electron chi connectivity index (χ4n) is 6.64. The zero-order chi connectivity index (χ0) is 22.1. The normalized spacial score (nSPS) is 33.5. The molecule has 8 nitrogen and oxygen atoms in total. The molecule has 4 saturated carbocycles. The molecule has 4 aliphatic carbocycles. The third kappa shape index (κ3) is 3.08. The Labute approximate surface area is 187 Å². The number of amides is 1. The zero-order valence-corrected chi connectivity index (χ0v) is 18.8. The van der Waals surface area contributed by atoms with Gasteiger partial charge in [-0.05, 0) is 53.9 Å². The average Bonchev–Trinajstić information content (AvgIpc) is 3.60. The van der Waals surface area contributed by atoms with Gasteiger partial charge in [0.1, 0.15) is 12.2 Å². The van der Waals surface area contributed by atoms with Gasteiger partial charge < -0.3 is 10.1 Å². The van der Waals surface area contributed by atoms with Gasteiger partial charge in [0.2, 0.25) is 5.88 Å². The molecular weight excluding hydrogens is 430 g/mol. The van der Waals surface area contributed by atoms with Crippen molar-refractivity contribution in [1.82, 2.24) is 15.1 Å². The lowest BCUT2D eigenvalue weighted by Crippen LogP contribution is -2.58. The van der Waals surface area contributed by atoms with Crippen molar-refractivity contribution in [2.75, 3.05) is 12.9 Å². The lowest BCUT2D eigenvalue weighted by molar-refractivity contribution is 0.0237. The molecular formula is C23H27N3O5S. The van der Waals surface area contributed by atoms with Gasteiger partial charge in [0.25, 0.3) is 16.0 Å². The maximum Gasteiger partial charge on any atom is 0.264 e. The highest BCUT2D eigenvalue weighted by Gasteiger charge is 2.89. The van der Waals surface area contributed by atoms with Crippen LogP contribution in [0.3, 0.4) is 0 Å². The summed E-state index contributed by atoms with van der Waals surface area (Å²) in [7, 11) is -3.56. The molecule has 1 aromatic carbocycles. The van der Waals surface area contributed by atoms with Crippen molar-refractivity contribution in [3.8, 4) is 5.88 Å². The van der Waals surface area contributed by atoms with Crippen LogP contribution in [-0.4, -0.2) is 43.0 Å². The molecule has 4 fully saturated rings. The van der Waals surface area contributed by atoms with Crippen LogP contribution < -0.4 is 10.1 Å². The first-order valence-corrected chi connectivity index (χ1v) is 13.0. The van der Waals surface area contributed by atoms with Crippen molar-refractivity contribution < 1.29 is 22.1 Å². The Morgan fingerprint density at radius 3 is 2.84 bits per heavy atom. The lowest BCUT2D eigenvalue weighted by Gasteiger charge is -2.50. The highest BCUT2D eigenvalue weighted by Crippen LogP contribution is 2.93. The molecule has 1 heterocycles. The molecule has 2 spiro atoms. The van der Waals surface area contributed by atoms with Crippen LogP contribution in [0.2, 0.25) is 0 Å². The van der Waals surface area contributed by atoms with Crippen LogP contribution in [0.4, 0.5) is 0 Å². The number of nitrogens with one attached hydrogen (secondary N) is 1. The number of rotatable bonds is 9. The molecule has 5 atom stereocenters. The molecule has 9 heteroatoms. The van der Waals surface area contributed by atoms with E-state index in [-0.39, 0.29) is 31.7 Å². The molecule has 6 rings (SSSR count). The third-order valence-corrected chi connectivity index (χ3v) is 8.75. The Morgan fingerprint density at radius 2 is 2.06 bits per heavy atom. The molecule has 5 unspecified atom stereocenters. The summed E-state index contributed by atoms with van der Waals surface area (Å²) in [4.78, 5) is 13.3. The maximum absolute atomic E-state index is 13.3. The molecule has 2 bridgehead atoms.